The maximum absolute atomic E-state index is 12.7. The highest BCUT2D eigenvalue weighted by Crippen LogP contribution is 2.27. The molecule has 0 unspecified atom stereocenters. The summed E-state index contributed by atoms with van der Waals surface area (Å²) in [5.74, 6) is 1.05. The molecule has 1 aliphatic rings. The first-order chi connectivity index (χ1) is 15.3. The molecule has 10 heteroatoms. The maximum Gasteiger partial charge on any atom is 0.390 e. The molecular weight excluding hydrogens is 423 g/mol. The van der Waals surface area contributed by atoms with Crippen LogP contribution in [0.1, 0.15) is 38.0 Å². The minimum absolute atomic E-state index is 0.0106. The van der Waals surface area contributed by atoms with Crippen LogP contribution in [0.15, 0.2) is 35.0 Å². The minimum Gasteiger partial charge on any atom is -0.441 e. The van der Waals surface area contributed by atoms with Gasteiger partial charge in [-0.2, -0.15) is 13.2 Å². The van der Waals surface area contributed by atoms with E-state index in [-0.39, 0.29) is 30.4 Å². The Hall–Kier alpha value is -3.01. The molecule has 2 aromatic heterocycles. The van der Waals surface area contributed by atoms with Crippen LogP contribution in [0, 0.1) is 12.8 Å². The lowest BCUT2D eigenvalue weighted by Gasteiger charge is -2.28. The summed E-state index contributed by atoms with van der Waals surface area (Å²) < 4.78 is 42.4. The van der Waals surface area contributed by atoms with Crippen molar-refractivity contribution in [2.45, 2.75) is 51.2 Å². The first-order valence-corrected chi connectivity index (χ1v) is 10.6. The predicted octanol–water partition coefficient (Wildman–Crippen LogP) is 4.63. The number of aromatic nitrogens is 3. The Bertz CT molecular complexity index is 1090. The van der Waals surface area contributed by atoms with Gasteiger partial charge in [0.25, 0.3) is 0 Å². The number of nitrogens with one attached hydrogen (secondary N) is 2. The Labute approximate surface area is 182 Å². The second-order valence-electron chi connectivity index (χ2n) is 8.07. The third-order valence-corrected chi connectivity index (χ3v) is 5.66. The third kappa shape index (κ3) is 5.61. The van der Waals surface area contributed by atoms with Gasteiger partial charge in [-0.15, -0.1) is 0 Å². The Kier molecular flexibility index (Phi) is 6.40. The Morgan fingerprint density at radius 1 is 1.16 bits per heavy atom. The smallest absolute Gasteiger partial charge is 0.390 e. The van der Waals surface area contributed by atoms with Crippen molar-refractivity contribution in [3.63, 3.8) is 0 Å². The van der Waals surface area contributed by atoms with Gasteiger partial charge in [0, 0.05) is 42.6 Å². The monoisotopic (exact) mass is 447 g/mol. The molecule has 1 fully saturated rings. The first kappa shape index (κ1) is 22.2. The van der Waals surface area contributed by atoms with Crippen LogP contribution in [0.25, 0.3) is 22.2 Å². The van der Waals surface area contributed by atoms with Gasteiger partial charge in [0.2, 0.25) is 11.9 Å². The Balaban J connectivity index is 1.34. The summed E-state index contributed by atoms with van der Waals surface area (Å²) in [6.45, 7) is 1.68. The molecule has 32 heavy (non-hydrogen) atoms. The van der Waals surface area contributed by atoms with Gasteiger partial charge in [-0.3, -0.25) is 10.1 Å². The van der Waals surface area contributed by atoms with E-state index >= 15 is 0 Å². The van der Waals surface area contributed by atoms with Crippen molar-refractivity contribution in [3.8, 4) is 11.3 Å². The van der Waals surface area contributed by atoms with Crippen LogP contribution in [0.5, 0.6) is 0 Å². The van der Waals surface area contributed by atoms with Gasteiger partial charge in [0.05, 0.1) is 18.1 Å². The van der Waals surface area contributed by atoms with E-state index in [0.29, 0.717) is 42.9 Å². The van der Waals surface area contributed by atoms with Crippen molar-refractivity contribution in [1.29, 1.82) is 0 Å². The van der Waals surface area contributed by atoms with E-state index in [0.717, 1.165) is 10.9 Å². The van der Waals surface area contributed by atoms with Gasteiger partial charge in [-0.25, -0.2) is 15.0 Å². The fraction of sp³-hybridized carbons (Fsp3) is 0.455. The maximum atomic E-state index is 12.7. The van der Waals surface area contributed by atoms with Gasteiger partial charge < -0.3 is 9.73 Å². The number of benzene rings is 1. The second kappa shape index (κ2) is 9.23. The minimum atomic E-state index is -4.15. The lowest BCUT2D eigenvalue weighted by atomic mass is 9.85. The number of fused-ring (bicyclic) bond motifs is 1. The number of alkyl halides is 3. The fourth-order valence-corrected chi connectivity index (χ4v) is 3.92. The lowest BCUT2D eigenvalue weighted by molar-refractivity contribution is -0.133. The summed E-state index contributed by atoms with van der Waals surface area (Å²) in [7, 11) is 0. The number of amides is 1. The number of aryl methyl sites for hydroxylation is 1. The molecule has 1 amide bonds. The molecule has 1 aliphatic carbocycles. The number of oxazole rings is 1. The quantitative estimate of drug-likeness (QED) is 0.572. The predicted molar refractivity (Wildman–Crippen MR) is 113 cm³/mol. The molecule has 0 bridgehead atoms. The molecule has 0 radical (unpaired) electrons. The van der Waals surface area contributed by atoms with Gasteiger partial charge in [0.15, 0.2) is 11.7 Å². The summed E-state index contributed by atoms with van der Waals surface area (Å²) in [4.78, 5) is 25.5. The van der Waals surface area contributed by atoms with Crippen LogP contribution in [0.4, 0.5) is 19.1 Å². The average molecular weight is 447 g/mol. The molecule has 0 saturated heterocycles. The average Bonchev–Trinajstić information content (AvgIpc) is 3.19. The van der Waals surface area contributed by atoms with Crippen molar-refractivity contribution in [2.75, 3.05) is 11.9 Å². The first-order valence-electron chi connectivity index (χ1n) is 10.6. The molecule has 0 atom stereocenters. The van der Waals surface area contributed by atoms with Gasteiger partial charge in [0.1, 0.15) is 0 Å². The van der Waals surface area contributed by atoms with Gasteiger partial charge >= 0.3 is 6.18 Å². The molecule has 1 saturated carbocycles. The third-order valence-electron chi connectivity index (χ3n) is 5.66. The molecule has 3 aromatic rings. The molecule has 0 spiro atoms. The normalized spacial score (nSPS) is 19.2. The number of hydrogen-bond acceptors (Lipinski definition) is 6. The van der Waals surface area contributed by atoms with Crippen LogP contribution < -0.4 is 10.6 Å². The lowest BCUT2D eigenvalue weighted by Crippen LogP contribution is -2.37. The van der Waals surface area contributed by atoms with Crippen LogP contribution in [0.3, 0.4) is 0 Å². The van der Waals surface area contributed by atoms with Crippen LogP contribution >= 0.6 is 0 Å². The van der Waals surface area contributed by atoms with Gasteiger partial charge in [-0.1, -0.05) is 12.1 Å². The number of anilines is 1. The molecule has 0 aliphatic heterocycles. The summed E-state index contributed by atoms with van der Waals surface area (Å²) in [6, 6.07) is 5.63. The van der Waals surface area contributed by atoms with Crippen molar-refractivity contribution in [2.24, 2.45) is 5.92 Å². The second-order valence-corrected chi connectivity index (χ2v) is 8.07. The zero-order valence-electron chi connectivity index (χ0n) is 17.6. The molecule has 2 heterocycles. The van der Waals surface area contributed by atoms with Crippen molar-refractivity contribution in [3.05, 3.63) is 36.5 Å². The van der Waals surface area contributed by atoms with E-state index in [1.54, 1.807) is 19.3 Å². The number of nitrogens with zero attached hydrogens (tertiary/aromatic N) is 3. The number of carbonyl (C=O) groups is 1. The molecule has 2 N–H and O–H groups in total. The summed E-state index contributed by atoms with van der Waals surface area (Å²) in [6.07, 6.45) is 0.839. The number of halogens is 3. The van der Waals surface area contributed by atoms with Crippen molar-refractivity contribution in [1.82, 2.24) is 20.3 Å². The van der Waals surface area contributed by atoms with E-state index in [2.05, 4.69) is 25.6 Å². The van der Waals surface area contributed by atoms with Crippen LogP contribution in [0.2, 0.25) is 0 Å². The van der Waals surface area contributed by atoms with E-state index in [1.807, 2.05) is 18.2 Å². The fourth-order valence-electron chi connectivity index (χ4n) is 3.92. The van der Waals surface area contributed by atoms with Crippen molar-refractivity contribution >= 4 is 22.8 Å². The molecule has 170 valence electrons. The standard InChI is InChI=1S/C22H24F3N5O2/c1-13-27-12-19(32-13)15-2-3-16-11-28-21(29-18(16)10-15)30-20(31)14-4-6-17(7-5-14)26-9-8-22(23,24)25/h2-3,10-12,14,17,26H,4-9H2,1H3,(H,28,29,30,31)/t14-,17-. The topological polar surface area (TPSA) is 92.9 Å². The summed E-state index contributed by atoms with van der Waals surface area (Å²) >= 11 is 0. The molecular formula is C22H24F3N5O2. The zero-order valence-corrected chi connectivity index (χ0v) is 17.6. The molecule has 1 aromatic carbocycles. The van der Waals surface area contributed by atoms with Gasteiger partial charge in [-0.05, 0) is 31.7 Å². The highest BCUT2D eigenvalue weighted by molar-refractivity contribution is 5.92. The number of carbonyl (C=O) groups excluding carboxylic acids is 1. The van der Waals surface area contributed by atoms with Crippen molar-refractivity contribution < 1.29 is 22.4 Å². The molecule has 4 rings (SSSR count). The van der Waals surface area contributed by atoms with E-state index in [4.69, 9.17) is 4.42 Å². The SMILES string of the molecule is Cc1ncc(-c2ccc3cnc(NC(=O)[C@H]4CC[C@H](NCCC(F)(F)F)CC4)nc3c2)o1. The Morgan fingerprint density at radius 2 is 1.94 bits per heavy atom. The summed E-state index contributed by atoms with van der Waals surface area (Å²) in [5, 5.41) is 6.55. The van der Waals surface area contributed by atoms with E-state index in [1.165, 1.54) is 0 Å². The van der Waals surface area contributed by atoms with E-state index in [9.17, 15) is 18.0 Å². The highest BCUT2D eigenvalue weighted by atomic mass is 19.4. The largest absolute Gasteiger partial charge is 0.441 e. The van der Waals surface area contributed by atoms with E-state index < -0.39 is 12.6 Å². The van der Waals surface area contributed by atoms with Crippen LogP contribution in [-0.2, 0) is 4.79 Å². The molecule has 7 nitrogen and oxygen atoms in total. The zero-order chi connectivity index (χ0) is 22.7. The Morgan fingerprint density at radius 3 is 2.62 bits per heavy atom. The van der Waals surface area contributed by atoms with Crippen LogP contribution in [-0.4, -0.2) is 39.6 Å². The number of hydrogen-bond donors (Lipinski definition) is 2. The number of rotatable bonds is 6. The highest BCUT2D eigenvalue weighted by Gasteiger charge is 2.29. The summed E-state index contributed by atoms with van der Waals surface area (Å²) in [5.41, 5.74) is 1.49.